The number of aromatic nitrogens is 2. The zero-order chi connectivity index (χ0) is 24.7. The van der Waals surface area contributed by atoms with Crippen LogP contribution in [-0.4, -0.2) is 33.8 Å². The minimum Gasteiger partial charge on any atom is -0.386 e. The molecule has 1 aromatic carbocycles. The van der Waals surface area contributed by atoms with Gasteiger partial charge >= 0.3 is 0 Å². The molecule has 0 amide bonds. The van der Waals surface area contributed by atoms with Crippen LogP contribution in [0.5, 0.6) is 0 Å². The van der Waals surface area contributed by atoms with Crippen molar-refractivity contribution in [2.24, 2.45) is 0 Å². The van der Waals surface area contributed by atoms with Gasteiger partial charge in [0, 0.05) is 49.2 Å². The lowest BCUT2D eigenvalue weighted by Gasteiger charge is -2.45. The summed E-state index contributed by atoms with van der Waals surface area (Å²) < 4.78 is 27.4. The van der Waals surface area contributed by atoms with Gasteiger partial charge in [0.2, 0.25) is 0 Å². The highest BCUT2D eigenvalue weighted by Gasteiger charge is 2.38. The number of halogens is 2. The summed E-state index contributed by atoms with van der Waals surface area (Å²) in [6.45, 7) is 9.35. The van der Waals surface area contributed by atoms with Gasteiger partial charge in [-0.15, -0.1) is 0 Å². The molecule has 4 rings (SSSR count). The van der Waals surface area contributed by atoms with Crippen LogP contribution in [0.1, 0.15) is 36.2 Å². The first-order valence-corrected chi connectivity index (χ1v) is 10.8. The minimum atomic E-state index is -2.97. The van der Waals surface area contributed by atoms with E-state index < -0.39 is 11.5 Å². The van der Waals surface area contributed by atoms with Crippen LogP contribution in [0.15, 0.2) is 55.4 Å². The number of anilines is 2. The summed E-state index contributed by atoms with van der Waals surface area (Å²) in [4.78, 5) is 10.5. The van der Waals surface area contributed by atoms with E-state index >= 15 is 0 Å². The molecule has 0 saturated carbocycles. The normalized spacial score (nSPS) is 14.8. The van der Waals surface area contributed by atoms with Gasteiger partial charge in [-0.2, -0.15) is 5.26 Å². The third-order valence-electron chi connectivity index (χ3n) is 5.77. The summed E-state index contributed by atoms with van der Waals surface area (Å²) >= 11 is 0. The van der Waals surface area contributed by atoms with Gasteiger partial charge in [-0.3, -0.25) is 4.98 Å². The average molecular weight is 462 g/mol. The first-order chi connectivity index (χ1) is 16.0. The molecule has 0 spiro atoms. The summed E-state index contributed by atoms with van der Waals surface area (Å²) in [6.07, 6.45) is 3.04. The third kappa shape index (κ3) is 4.75. The first kappa shape index (κ1) is 23.3. The van der Waals surface area contributed by atoms with E-state index in [1.54, 1.807) is 19.2 Å². The number of pyridine rings is 2. The minimum absolute atomic E-state index is 0.135. The van der Waals surface area contributed by atoms with Crippen LogP contribution in [0.3, 0.4) is 0 Å². The second kappa shape index (κ2) is 8.50. The smallest absolute Gasteiger partial charge is 0.270 e. The predicted molar refractivity (Wildman–Crippen MR) is 128 cm³/mol. The number of alkyl halides is 2. The van der Waals surface area contributed by atoms with Crippen LogP contribution in [-0.2, 0) is 5.92 Å². The Morgan fingerprint density at radius 2 is 1.97 bits per heavy atom. The third-order valence-corrected chi connectivity index (χ3v) is 5.77. The highest BCUT2D eigenvalue weighted by molar-refractivity contribution is 5.79. The highest BCUT2D eigenvalue weighted by atomic mass is 19.3. The topological polar surface area (TPSA) is 85.1 Å². The number of hydrogen-bond donors (Lipinski definition) is 2. The van der Waals surface area contributed by atoms with Crippen LogP contribution in [0.2, 0.25) is 0 Å². The molecule has 0 aliphatic carbocycles. The summed E-state index contributed by atoms with van der Waals surface area (Å²) in [5, 5.41) is 22.8. The first-order valence-electron chi connectivity index (χ1n) is 10.8. The Balaban J connectivity index is 1.59. The van der Waals surface area contributed by atoms with Gasteiger partial charge in [-0.05, 0) is 55.3 Å². The lowest BCUT2D eigenvalue weighted by Crippen LogP contribution is -2.60. The van der Waals surface area contributed by atoms with Crippen molar-refractivity contribution < 1.29 is 13.9 Å². The molecule has 6 nitrogen and oxygen atoms in total. The molecule has 0 atom stereocenters. The number of rotatable bonds is 6. The van der Waals surface area contributed by atoms with E-state index in [9.17, 15) is 19.1 Å². The van der Waals surface area contributed by atoms with E-state index in [1.807, 2.05) is 30.0 Å². The summed E-state index contributed by atoms with van der Waals surface area (Å²) in [7, 11) is 0. The quantitative estimate of drug-likeness (QED) is 0.532. The van der Waals surface area contributed by atoms with Crippen molar-refractivity contribution in [1.29, 1.82) is 5.26 Å². The average Bonchev–Trinajstić information content (AvgIpc) is 2.77. The van der Waals surface area contributed by atoms with Crippen molar-refractivity contribution in [2.45, 2.75) is 32.3 Å². The lowest BCUT2D eigenvalue weighted by molar-refractivity contribution is 0.0173. The lowest BCUT2D eigenvalue weighted by atomic mass is 9.95. The number of benzene rings is 1. The Bertz CT molecular complexity index is 1300. The van der Waals surface area contributed by atoms with Crippen LogP contribution >= 0.6 is 0 Å². The second-order valence-corrected chi connectivity index (χ2v) is 9.01. The molecule has 1 saturated heterocycles. The van der Waals surface area contributed by atoms with Crippen molar-refractivity contribution >= 4 is 17.2 Å². The number of hydrogen-bond acceptors (Lipinski definition) is 6. The van der Waals surface area contributed by atoms with Crippen molar-refractivity contribution in [3.63, 3.8) is 0 Å². The number of β-amino-alcohol motifs (C(OH)–C–C–N with tert-alkyl or cyclic N) is 1. The number of nitrogens with one attached hydrogen (secondary N) is 1. The van der Waals surface area contributed by atoms with Gasteiger partial charge < -0.3 is 15.3 Å². The van der Waals surface area contributed by atoms with Gasteiger partial charge in [-0.25, -0.2) is 13.8 Å². The van der Waals surface area contributed by atoms with Gasteiger partial charge in [-0.1, -0.05) is 12.6 Å². The molecular formula is C26H25F2N5O. The molecule has 0 radical (unpaired) electrons. The van der Waals surface area contributed by atoms with Crippen LogP contribution < -0.4 is 10.2 Å². The van der Waals surface area contributed by atoms with Crippen LogP contribution in [0.25, 0.3) is 16.8 Å². The fourth-order valence-electron chi connectivity index (χ4n) is 3.98. The maximum atomic E-state index is 13.7. The maximum Gasteiger partial charge on any atom is 0.270 e. The molecule has 3 heterocycles. The Kier molecular flexibility index (Phi) is 5.84. The standard InChI is InChI=1S/C26H25F2N5O/c1-16-5-6-21(32-17(2)23-10-20(7-8-30-23)26(4,27)28)11-22(16)19-9-18(12-29)24(31-13-19)33-14-25(3,34)15-33/h5-11,13,32,34H,2,14-15H2,1,3-4H3. The van der Waals surface area contributed by atoms with E-state index in [0.717, 1.165) is 23.6 Å². The highest BCUT2D eigenvalue weighted by Crippen LogP contribution is 2.33. The van der Waals surface area contributed by atoms with Crippen molar-refractivity contribution in [3.8, 4) is 17.2 Å². The molecule has 34 heavy (non-hydrogen) atoms. The molecule has 1 aliphatic rings. The molecule has 0 bridgehead atoms. The number of aliphatic hydroxyl groups is 1. The van der Waals surface area contributed by atoms with Crippen molar-refractivity contribution in [3.05, 3.63) is 77.8 Å². The molecule has 3 aromatic rings. The van der Waals surface area contributed by atoms with E-state index in [-0.39, 0.29) is 5.56 Å². The molecule has 0 unspecified atom stereocenters. The number of nitriles is 1. The van der Waals surface area contributed by atoms with E-state index in [4.69, 9.17) is 0 Å². The largest absolute Gasteiger partial charge is 0.386 e. The maximum absolute atomic E-state index is 13.7. The van der Waals surface area contributed by atoms with E-state index in [0.29, 0.717) is 41.5 Å². The molecular weight excluding hydrogens is 436 g/mol. The molecule has 174 valence electrons. The molecule has 8 heteroatoms. The van der Waals surface area contributed by atoms with Gasteiger partial charge in [0.25, 0.3) is 5.92 Å². The van der Waals surface area contributed by atoms with Crippen molar-refractivity contribution in [2.75, 3.05) is 23.3 Å². The Morgan fingerprint density at radius 1 is 1.24 bits per heavy atom. The van der Waals surface area contributed by atoms with Gasteiger partial charge in [0.15, 0.2) is 0 Å². The van der Waals surface area contributed by atoms with E-state index in [1.165, 1.54) is 18.3 Å². The van der Waals surface area contributed by atoms with Crippen molar-refractivity contribution in [1.82, 2.24) is 9.97 Å². The number of nitrogens with zero attached hydrogens (tertiary/aromatic N) is 4. The fraction of sp³-hybridized carbons (Fsp3) is 0.269. The monoisotopic (exact) mass is 461 g/mol. The summed E-state index contributed by atoms with van der Waals surface area (Å²) in [6, 6.07) is 12.3. The molecule has 2 N–H and O–H groups in total. The van der Waals surface area contributed by atoms with Gasteiger partial charge in [0.1, 0.15) is 11.9 Å². The summed E-state index contributed by atoms with van der Waals surface area (Å²) in [5.41, 5.74) is 3.54. The van der Waals surface area contributed by atoms with Crippen LogP contribution in [0.4, 0.5) is 20.3 Å². The Morgan fingerprint density at radius 3 is 2.62 bits per heavy atom. The number of aryl methyl sites for hydroxylation is 1. The Hall–Kier alpha value is -3.83. The molecule has 2 aromatic heterocycles. The zero-order valence-electron chi connectivity index (χ0n) is 19.2. The van der Waals surface area contributed by atoms with Gasteiger partial charge in [0.05, 0.1) is 22.6 Å². The fourth-order valence-corrected chi connectivity index (χ4v) is 3.98. The molecule has 1 aliphatic heterocycles. The zero-order valence-corrected chi connectivity index (χ0v) is 19.2. The Labute approximate surface area is 197 Å². The predicted octanol–water partition coefficient (Wildman–Crippen LogP) is 5.09. The SMILES string of the molecule is C=C(Nc1ccc(C)c(-c2cnc(N3CC(C)(O)C3)c(C#N)c2)c1)c1cc(C(C)(F)F)ccn1. The second-order valence-electron chi connectivity index (χ2n) is 9.01. The van der Waals surface area contributed by atoms with Crippen LogP contribution in [0, 0.1) is 18.3 Å². The van der Waals surface area contributed by atoms with E-state index in [2.05, 4.69) is 27.9 Å². The molecule has 1 fully saturated rings. The summed E-state index contributed by atoms with van der Waals surface area (Å²) in [5.74, 6) is -2.42.